The number of hydrogen-bond donors (Lipinski definition) is 2. The predicted octanol–water partition coefficient (Wildman–Crippen LogP) is 4.73. The van der Waals surface area contributed by atoms with Crippen molar-refractivity contribution in [1.82, 2.24) is 0 Å². The number of halogens is 4. The number of rotatable bonds is 6. The molecule has 0 radical (unpaired) electrons. The summed E-state index contributed by atoms with van der Waals surface area (Å²) < 4.78 is 43.8. The molecule has 0 aromatic heterocycles. The number of amides is 1. The fourth-order valence-electron chi connectivity index (χ4n) is 2.23. The normalized spacial score (nSPS) is 11.4. The SMILES string of the molecule is COc1cc([N+](=O)[O-])ccc1N/C=C(/C#N)C(=O)Nc1ccc(Cl)c(C(F)(F)F)c1. The largest absolute Gasteiger partial charge is 0.494 e. The Morgan fingerprint density at radius 2 is 2.00 bits per heavy atom. The molecule has 0 atom stereocenters. The molecule has 0 saturated carbocycles. The molecule has 30 heavy (non-hydrogen) atoms. The molecule has 12 heteroatoms. The molecule has 8 nitrogen and oxygen atoms in total. The van der Waals surface area contributed by atoms with Crippen LogP contribution in [0.2, 0.25) is 5.02 Å². The number of carbonyl (C=O) groups excluding carboxylic acids is 1. The molecular weight excluding hydrogens is 429 g/mol. The number of nitro benzene ring substituents is 1. The van der Waals surface area contributed by atoms with Gasteiger partial charge in [-0.15, -0.1) is 0 Å². The molecule has 1 amide bonds. The van der Waals surface area contributed by atoms with Gasteiger partial charge in [0.1, 0.15) is 17.4 Å². The highest BCUT2D eigenvalue weighted by atomic mass is 35.5. The third-order valence-corrected chi connectivity index (χ3v) is 3.99. The Morgan fingerprint density at radius 1 is 1.30 bits per heavy atom. The Morgan fingerprint density at radius 3 is 2.57 bits per heavy atom. The zero-order valence-electron chi connectivity index (χ0n) is 15.1. The Labute approximate surface area is 172 Å². The van der Waals surface area contributed by atoms with Gasteiger partial charge in [0.05, 0.1) is 34.4 Å². The monoisotopic (exact) mass is 440 g/mol. The molecule has 0 fully saturated rings. The van der Waals surface area contributed by atoms with Gasteiger partial charge in [-0.3, -0.25) is 14.9 Å². The summed E-state index contributed by atoms with van der Waals surface area (Å²) in [7, 11) is 1.27. The highest BCUT2D eigenvalue weighted by molar-refractivity contribution is 6.31. The molecule has 2 aromatic carbocycles. The maximum Gasteiger partial charge on any atom is 0.417 e. The molecule has 0 heterocycles. The van der Waals surface area contributed by atoms with E-state index < -0.39 is 33.2 Å². The maximum absolute atomic E-state index is 12.9. The average Bonchev–Trinajstić information content (AvgIpc) is 2.68. The summed E-state index contributed by atoms with van der Waals surface area (Å²) in [5.41, 5.74) is -1.85. The number of benzene rings is 2. The number of methoxy groups -OCH3 is 1. The van der Waals surface area contributed by atoms with Crippen LogP contribution in [0.4, 0.5) is 30.2 Å². The topological polar surface area (TPSA) is 117 Å². The van der Waals surface area contributed by atoms with Crippen molar-refractivity contribution >= 4 is 34.6 Å². The number of hydrogen-bond acceptors (Lipinski definition) is 6. The van der Waals surface area contributed by atoms with Gasteiger partial charge in [-0.2, -0.15) is 18.4 Å². The molecule has 0 aliphatic rings. The molecular formula is C18H12ClF3N4O4. The summed E-state index contributed by atoms with van der Waals surface area (Å²) in [6.07, 6.45) is -3.74. The molecule has 0 spiro atoms. The third kappa shape index (κ3) is 5.39. The van der Waals surface area contributed by atoms with E-state index >= 15 is 0 Å². The highest BCUT2D eigenvalue weighted by Crippen LogP contribution is 2.36. The first-order valence-corrected chi connectivity index (χ1v) is 8.32. The van der Waals surface area contributed by atoms with E-state index in [1.54, 1.807) is 6.07 Å². The van der Waals surface area contributed by atoms with Gasteiger partial charge in [0.2, 0.25) is 0 Å². The summed E-state index contributed by atoms with van der Waals surface area (Å²) in [6, 6.07) is 7.98. The zero-order valence-corrected chi connectivity index (χ0v) is 15.8. The van der Waals surface area contributed by atoms with Gasteiger partial charge in [0.25, 0.3) is 11.6 Å². The maximum atomic E-state index is 12.9. The Kier molecular flexibility index (Phi) is 6.86. The summed E-state index contributed by atoms with van der Waals surface area (Å²) in [6.45, 7) is 0. The molecule has 0 unspecified atom stereocenters. The first-order chi connectivity index (χ1) is 14.1. The van der Waals surface area contributed by atoms with Crippen LogP contribution in [0.15, 0.2) is 48.2 Å². The number of non-ortho nitro benzene ring substituents is 1. The van der Waals surface area contributed by atoms with Gasteiger partial charge < -0.3 is 15.4 Å². The van der Waals surface area contributed by atoms with Crippen molar-refractivity contribution < 1.29 is 27.6 Å². The molecule has 0 aliphatic heterocycles. The minimum atomic E-state index is -4.72. The van der Waals surface area contributed by atoms with Crippen LogP contribution < -0.4 is 15.4 Å². The molecule has 156 valence electrons. The van der Waals surface area contributed by atoms with E-state index in [1.807, 2.05) is 0 Å². The Bertz CT molecular complexity index is 1060. The molecule has 2 rings (SSSR count). The van der Waals surface area contributed by atoms with Crippen molar-refractivity contribution in [3.63, 3.8) is 0 Å². The fourth-order valence-corrected chi connectivity index (χ4v) is 2.45. The second-order valence-electron chi connectivity index (χ2n) is 5.60. The lowest BCUT2D eigenvalue weighted by Gasteiger charge is -2.12. The quantitative estimate of drug-likeness (QED) is 0.290. The lowest BCUT2D eigenvalue weighted by Crippen LogP contribution is -2.15. The molecule has 0 aliphatic carbocycles. The highest BCUT2D eigenvalue weighted by Gasteiger charge is 2.33. The standard InChI is InChI=1S/C18H12ClF3N4O4/c1-30-16-7-12(26(28)29)3-5-15(16)24-9-10(8-23)17(27)25-11-2-4-14(19)13(6-11)18(20,21)22/h2-7,9,24H,1H3,(H,25,27)/b10-9-. The van der Waals surface area contributed by atoms with Crippen molar-refractivity contribution in [2.45, 2.75) is 6.18 Å². The van der Waals surface area contributed by atoms with Gasteiger partial charge in [0, 0.05) is 18.0 Å². The lowest BCUT2D eigenvalue weighted by molar-refractivity contribution is -0.384. The number of ether oxygens (including phenoxy) is 1. The smallest absolute Gasteiger partial charge is 0.417 e. The molecule has 2 N–H and O–H groups in total. The fraction of sp³-hybridized carbons (Fsp3) is 0.111. The van der Waals surface area contributed by atoms with Crippen LogP contribution in [0, 0.1) is 21.4 Å². The number of carbonyl (C=O) groups is 1. The Balaban J connectivity index is 2.22. The van der Waals surface area contributed by atoms with Crippen molar-refractivity contribution in [2.75, 3.05) is 17.7 Å². The van der Waals surface area contributed by atoms with Crippen LogP contribution >= 0.6 is 11.6 Å². The number of nitrogens with zero attached hydrogens (tertiary/aromatic N) is 2. The van der Waals surface area contributed by atoms with Gasteiger partial charge >= 0.3 is 6.18 Å². The summed E-state index contributed by atoms with van der Waals surface area (Å²) in [4.78, 5) is 22.4. The zero-order chi connectivity index (χ0) is 22.5. The molecule has 0 bridgehead atoms. The predicted molar refractivity (Wildman–Crippen MR) is 102 cm³/mol. The number of nitrogens with one attached hydrogen (secondary N) is 2. The number of nitriles is 1. The average molecular weight is 441 g/mol. The summed E-state index contributed by atoms with van der Waals surface area (Å²) in [5, 5.41) is 24.2. The molecule has 2 aromatic rings. The summed E-state index contributed by atoms with van der Waals surface area (Å²) in [5.74, 6) is -0.910. The van der Waals surface area contributed by atoms with Crippen LogP contribution in [-0.2, 0) is 11.0 Å². The van der Waals surface area contributed by atoms with Crippen LogP contribution in [0.3, 0.4) is 0 Å². The van der Waals surface area contributed by atoms with Gasteiger partial charge in [-0.1, -0.05) is 11.6 Å². The first-order valence-electron chi connectivity index (χ1n) is 7.94. The van der Waals surface area contributed by atoms with Crippen molar-refractivity contribution in [1.29, 1.82) is 5.26 Å². The second kappa shape index (κ2) is 9.15. The number of nitro groups is 1. The van der Waals surface area contributed by atoms with Crippen molar-refractivity contribution in [3.8, 4) is 11.8 Å². The van der Waals surface area contributed by atoms with Gasteiger partial charge in [-0.25, -0.2) is 0 Å². The molecule has 0 saturated heterocycles. The van der Waals surface area contributed by atoms with Crippen LogP contribution in [0.25, 0.3) is 0 Å². The van der Waals surface area contributed by atoms with E-state index in [9.17, 15) is 33.3 Å². The summed E-state index contributed by atoms with van der Waals surface area (Å²) >= 11 is 5.52. The van der Waals surface area contributed by atoms with Gasteiger partial charge in [0.15, 0.2) is 0 Å². The van der Waals surface area contributed by atoms with Crippen molar-refractivity contribution in [3.05, 3.63) is 68.9 Å². The van der Waals surface area contributed by atoms with Gasteiger partial charge in [-0.05, 0) is 24.3 Å². The van der Waals surface area contributed by atoms with Crippen LogP contribution in [0.1, 0.15) is 5.56 Å². The first kappa shape index (κ1) is 22.5. The van der Waals surface area contributed by atoms with E-state index in [-0.39, 0.29) is 22.8 Å². The number of anilines is 2. The van der Waals surface area contributed by atoms with E-state index in [0.29, 0.717) is 6.07 Å². The lowest BCUT2D eigenvalue weighted by atomic mass is 10.2. The van der Waals surface area contributed by atoms with Crippen LogP contribution in [-0.4, -0.2) is 17.9 Å². The third-order valence-electron chi connectivity index (χ3n) is 3.66. The van der Waals surface area contributed by atoms with Crippen LogP contribution in [0.5, 0.6) is 5.75 Å². The van der Waals surface area contributed by atoms with E-state index in [2.05, 4.69) is 10.6 Å². The van der Waals surface area contributed by atoms with Crippen molar-refractivity contribution in [2.24, 2.45) is 0 Å². The Hall–Kier alpha value is -3.78. The van der Waals surface area contributed by atoms with E-state index in [0.717, 1.165) is 24.4 Å². The minimum Gasteiger partial charge on any atom is -0.494 e. The van der Waals surface area contributed by atoms with E-state index in [4.69, 9.17) is 16.3 Å². The minimum absolute atomic E-state index is 0.0747. The van der Waals surface area contributed by atoms with E-state index in [1.165, 1.54) is 19.2 Å². The second-order valence-corrected chi connectivity index (χ2v) is 6.01. The number of alkyl halides is 3.